The Morgan fingerprint density at radius 1 is 1.14 bits per heavy atom. The van der Waals surface area contributed by atoms with Crippen molar-refractivity contribution in [3.8, 4) is 5.75 Å². The zero-order chi connectivity index (χ0) is 20.3. The van der Waals surface area contributed by atoms with E-state index in [1.165, 1.54) is 13.0 Å². The van der Waals surface area contributed by atoms with Gasteiger partial charge < -0.3 is 14.5 Å². The number of benzene rings is 2. The number of Topliss-reactive ketones (excluding diaryl/α,β-unsaturated/α-hetero) is 1. The first kappa shape index (κ1) is 20.6. The lowest BCUT2D eigenvalue weighted by Gasteiger charge is -2.36. The molecule has 0 N–H and O–H groups in total. The van der Waals surface area contributed by atoms with Crippen LogP contribution in [0.4, 0.5) is 10.1 Å². The van der Waals surface area contributed by atoms with Crippen molar-refractivity contribution in [1.29, 1.82) is 0 Å². The molecule has 0 aliphatic carbocycles. The maximum absolute atomic E-state index is 14.3. The maximum Gasteiger partial charge on any atom is 0.260 e. The van der Waals surface area contributed by atoms with E-state index in [0.717, 1.165) is 4.47 Å². The molecule has 3 rings (SSSR count). The molecule has 0 spiro atoms. The van der Waals surface area contributed by atoms with Crippen LogP contribution in [0.15, 0.2) is 40.9 Å². The molecule has 0 aromatic heterocycles. The summed E-state index contributed by atoms with van der Waals surface area (Å²) in [5.41, 5.74) is 0.786. The highest BCUT2D eigenvalue weighted by atomic mass is 79.9. The predicted octanol–water partition coefficient (Wildman–Crippen LogP) is 4.17. The van der Waals surface area contributed by atoms with Gasteiger partial charge in [-0.25, -0.2) is 4.39 Å². The third-order valence-electron chi connectivity index (χ3n) is 4.57. The summed E-state index contributed by atoms with van der Waals surface area (Å²) in [5, 5.41) is 0.427. The minimum atomic E-state index is -0.430. The third kappa shape index (κ3) is 4.83. The van der Waals surface area contributed by atoms with Gasteiger partial charge in [0.25, 0.3) is 5.91 Å². The first-order chi connectivity index (χ1) is 13.3. The Hall–Kier alpha value is -2.12. The standard InChI is InChI=1S/C20H19BrClFN2O3/c1-13(26)14-2-4-18(17(23)10-14)24-6-8-25(9-7-24)20(27)12-28-19-5-3-15(21)11-16(19)22/h2-5,10-11H,6-9,12H2,1H3. The van der Waals surface area contributed by atoms with Crippen LogP contribution in [0.2, 0.25) is 5.02 Å². The molecule has 8 heteroatoms. The molecule has 0 atom stereocenters. The number of ketones is 1. The second-order valence-corrected chi connectivity index (χ2v) is 7.78. The van der Waals surface area contributed by atoms with Crippen molar-refractivity contribution in [2.75, 3.05) is 37.7 Å². The lowest BCUT2D eigenvalue weighted by atomic mass is 10.1. The van der Waals surface area contributed by atoms with Crippen LogP contribution in [0.1, 0.15) is 17.3 Å². The largest absolute Gasteiger partial charge is 0.482 e. The van der Waals surface area contributed by atoms with Crippen molar-refractivity contribution >= 4 is 44.9 Å². The Bertz CT molecular complexity index is 901. The van der Waals surface area contributed by atoms with Gasteiger partial charge >= 0.3 is 0 Å². The second kappa shape index (κ2) is 8.92. The van der Waals surface area contributed by atoms with E-state index >= 15 is 0 Å². The van der Waals surface area contributed by atoms with Crippen LogP contribution in [0.5, 0.6) is 5.75 Å². The molecule has 0 unspecified atom stereocenters. The number of carbonyl (C=O) groups excluding carboxylic acids is 2. The number of nitrogens with zero attached hydrogens (tertiary/aromatic N) is 2. The molecule has 2 aromatic rings. The molecule has 0 saturated carbocycles. The van der Waals surface area contributed by atoms with Gasteiger partial charge in [0.15, 0.2) is 12.4 Å². The summed E-state index contributed by atoms with van der Waals surface area (Å²) < 4.78 is 20.7. The Kier molecular flexibility index (Phi) is 6.57. The molecule has 0 radical (unpaired) electrons. The maximum atomic E-state index is 14.3. The predicted molar refractivity (Wildman–Crippen MR) is 110 cm³/mol. The number of rotatable bonds is 5. The molecule has 1 aliphatic heterocycles. The minimum absolute atomic E-state index is 0.108. The van der Waals surface area contributed by atoms with E-state index in [4.69, 9.17) is 16.3 Å². The summed E-state index contributed by atoms with van der Waals surface area (Å²) in [5.74, 6) is -0.303. The summed E-state index contributed by atoms with van der Waals surface area (Å²) in [4.78, 5) is 27.3. The highest BCUT2D eigenvalue weighted by Crippen LogP contribution is 2.28. The zero-order valence-electron chi connectivity index (χ0n) is 15.3. The van der Waals surface area contributed by atoms with E-state index in [9.17, 15) is 14.0 Å². The summed E-state index contributed by atoms with van der Waals surface area (Å²) in [7, 11) is 0. The van der Waals surface area contributed by atoms with E-state index < -0.39 is 5.82 Å². The average Bonchev–Trinajstić information content (AvgIpc) is 2.67. The molecular weight excluding hydrogens is 451 g/mol. The summed E-state index contributed by atoms with van der Waals surface area (Å²) in [6, 6.07) is 9.68. The van der Waals surface area contributed by atoms with Crippen molar-refractivity contribution in [3.63, 3.8) is 0 Å². The number of amides is 1. The molecule has 2 aromatic carbocycles. The van der Waals surface area contributed by atoms with Gasteiger partial charge in [0.05, 0.1) is 10.7 Å². The van der Waals surface area contributed by atoms with Gasteiger partial charge in [-0.3, -0.25) is 9.59 Å². The molecule has 1 heterocycles. The van der Waals surface area contributed by atoms with E-state index in [-0.39, 0.29) is 18.3 Å². The van der Waals surface area contributed by atoms with Gasteiger partial charge in [-0.15, -0.1) is 0 Å². The summed E-state index contributed by atoms with van der Waals surface area (Å²) in [6.07, 6.45) is 0. The molecule has 5 nitrogen and oxygen atoms in total. The zero-order valence-corrected chi connectivity index (χ0v) is 17.6. The smallest absolute Gasteiger partial charge is 0.260 e. The van der Waals surface area contributed by atoms with Crippen molar-refractivity contribution in [2.45, 2.75) is 6.92 Å². The van der Waals surface area contributed by atoms with Gasteiger partial charge in [-0.05, 0) is 43.3 Å². The Labute approximate surface area is 176 Å². The average molecular weight is 470 g/mol. The Morgan fingerprint density at radius 2 is 1.86 bits per heavy atom. The second-order valence-electron chi connectivity index (χ2n) is 6.45. The van der Waals surface area contributed by atoms with Crippen molar-refractivity contribution in [1.82, 2.24) is 4.90 Å². The van der Waals surface area contributed by atoms with Crippen LogP contribution >= 0.6 is 27.5 Å². The van der Waals surface area contributed by atoms with Gasteiger partial charge in [0, 0.05) is 36.2 Å². The van der Waals surface area contributed by atoms with E-state index in [1.54, 1.807) is 35.2 Å². The summed E-state index contributed by atoms with van der Waals surface area (Å²) in [6.45, 7) is 3.22. The van der Waals surface area contributed by atoms with Crippen LogP contribution in [0, 0.1) is 5.82 Å². The van der Waals surface area contributed by atoms with E-state index in [0.29, 0.717) is 48.2 Å². The molecule has 148 valence electrons. The molecule has 28 heavy (non-hydrogen) atoms. The first-order valence-electron chi connectivity index (χ1n) is 8.76. The Morgan fingerprint density at radius 3 is 2.46 bits per heavy atom. The molecule has 0 bridgehead atoms. The van der Waals surface area contributed by atoms with Crippen molar-refractivity contribution in [3.05, 3.63) is 57.3 Å². The molecule has 1 saturated heterocycles. The van der Waals surface area contributed by atoms with Crippen LogP contribution in [-0.4, -0.2) is 49.4 Å². The lowest BCUT2D eigenvalue weighted by molar-refractivity contribution is -0.133. The SMILES string of the molecule is CC(=O)c1ccc(N2CCN(C(=O)COc3ccc(Br)cc3Cl)CC2)c(F)c1. The van der Waals surface area contributed by atoms with Gasteiger partial charge in [0.1, 0.15) is 11.6 Å². The molecule has 1 aliphatic rings. The quantitative estimate of drug-likeness (QED) is 0.617. The topological polar surface area (TPSA) is 49.9 Å². The van der Waals surface area contributed by atoms with Gasteiger partial charge in [-0.2, -0.15) is 0 Å². The number of hydrogen-bond acceptors (Lipinski definition) is 4. The van der Waals surface area contributed by atoms with Crippen LogP contribution < -0.4 is 9.64 Å². The summed E-state index contributed by atoms with van der Waals surface area (Å²) >= 11 is 9.40. The van der Waals surface area contributed by atoms with E-state index in [1.807, 2.05) is 4.90 Å². The number of hydrogen-bond donors (Lipinski definition) is 0. The molecule has 1 amide bonds. The van der Waals surface area contributed by atoms with E-state index in [2.05, 4.69) is 15.9 Å². The normalized spacial score (nSPS) is 14.1. The van der Waals surface area contributed by atoms with Gasteiger partial charge in [0.2, 0.25) is 0 Å². The first-order valence-corrected chi connectivity index (χ1v) is 9.93. The molecule has 1 fully saturated rings. The van der Waals surface area contributed by atoms with Crippen molar-refractivity contribution < 1.29 is 18.7 Å². The fraction of sp³-hybridized carbons (Fsp3) is 0.300. The van der Waals surface area contributed by atoms with Crippen LogP contribution in [-0.2, 0) is 4.79 Å². The Balaban J connectivity index is 1.54. The number of carbonyl (C=O) groups is 2. The molecular formula is C20H19BrClFN2O3. The minimum Gasteiger partial charge on any atom is -0.482 e. The van der Waals surface area contributed by atoms with Crippen LogP contribution in [0.3, 0.4) is 0 Å². The third-order valence-corrected chi connectivity index (χ3v) is 5.36. The highest BCUT2D eigenvalue weighted by Gasteiger charge is 2.23. The highest BCUT2D eigenvalue weighted by molar-refractivity contribution is 9.10. The fourth-order valence-electron chi connectivity index (χ4n) is 3.00. The lowest BCUT2D eigenvalue weighted by Crippen LogP contribution is -2.50. The van der Waals surface area contributed by atoms with Crippen LogP contribution in [0.25, 0.3) is 0 Å². The van der Waals surface area contributed by atoms with Crippen molar-refractivity contribution in [2.24, 2.45) is 0 Å². The monoisotopic (exact) mass is 468 g/mol. The van der Waals surface area contributed by atoms with Gasteiger partial charge in [-0.1, -0.05) is 27.5 Å². The number of ether oxygens (including phenoxy) is 1. The fourth-order valence-corrected chi connectivity index (χ4v) is 3.73. The number of anilines is 1. The number of halogens is 3. The number of piperazine rings is 1.